The number of nitrogens with two attached hydrogens (primary N) is 1. The number of anilines is 2. The van der Waals surface area contributed by atoms with E-state index in [9.17, 15) is 27.6 Å². The lowest BCUT2D eigenvalue weighted by atomic mass is 9.97. The van der Waals surface area contributed by atoms with Crippen molar-refractivity contribution in [2.24, 2.45) is 16.6 Å². The van der Waals surface area contributed by atoms with Gasteiger partial charge in [0, 0.05) is 42.1 Å². The second kappa shape index (κ2) is 11.3. The minimum atomic E-state index is -4.56. The number of aromatic nitrogens is 1. The first kappa shape index (κ1) is 27.6. The maximum absolute atomic E-state index is 14.1. The lowest BCUT2D eigenvalue weighted by Crippen LogP contribution is -2.48. The second-order valence-corrected chi connectivity index (χ2v) is 9.36. The van der Waals surface area contributed by atoms with Crippen molar-refractivity contribution < 1.29 is 37.0 Å². The van der Waals surface area contributed by atoms with Crippen LogP contribution in [0.15, 0.2) is 71.9 Å². The van der Waals surface area contributed by atoms with E-state index >= 15 is 0 Å². The van der Waals surface area contributed by atoms with Crippen LogP contribution >= 0.6 is 0 Å². The quantitative estimate of drug-likeness (QED) is 0.427. The Kier molecular flexibility index (Phi) is 7.60. The lowest BCUT2D eigenvalue weighted by Gasteiger charge is -2.25. The summed E-state index contributed by atoms with van der Waals surface area (Å²) in [6, 6.07) is 17.0. The maximum Gasteiger partial charge on any atom is 0.389 e. The van der Waals surface area contributed by atoms with Crippen LogP contribution in [0, 0.1) is 5.92 Å². The molecule has 212 valence electrons. The topological polar surface area (TPSA) is 136 Å². The molecule has 1 aromatic heterocycles. The maximum atomic E-state index is 14.1. The van der Waals surface area contributed by atoms with Crippen LogP contribution in [0.25, 0.3) is 0 Å². The average molecular weight is 568 g/mol. The lowest BCUT2D eigenvalue weighted by molar-refractivity contribution is -0.143. The van der Waals surface area contributed by atoms with Crippen LogP contribution in [0.3, 0.4) is 0 Å². The van der Waals surface area contributed by atoms with Crippen molar-refractivity contribution in [2.75, 3.05) is 11.7 Å². The van der Waals surface area contributed by atoms with E-state index < -0.39 is 55.2 Å². The number of aliphatic imine (C=N–C) groups is 1. The van der Waals surface area contributed by atoms with Crippen LogP contribution in [0.4, 0.5) is 24.7 Å². The van der Waals surface area contributed by atoms with E-state index in [1.165, 1.54) is 11.1 Å². The van der Waals surface area contributed by atoms with Gasteiger partial charge in [-0.15, -0.1) is 0 Å². The molecule has 10 nitrogen and oxygen atoms in total. The fourth-order valence-electron chi connectivity index (χ4n) is 4.60. The molecule has 0 radical (unpaired) electrons. The van der Waals surface area contributed by atoms with Gasteiger partial charge in [0.2, 0.25) is 24.8 Å². The molecule has 2 aliphatic rings. The molecule has 3 aromatic rings. The average Bonchev–Trinajstić information content (AvgIpc) is 3.36. The number of fused-ring (bicyclic) bond motifs is 2. The molecule has 0 fully saturated rings. The predicted octanol–water partition coefficient (Wildman–Crippen LogP) is 3.60. The van der Waals surface area contributed by atoms with Gasteiger partial charge in [-0.05, 0) is 24.6 Å². The van der Waals surface area contributed by atoms with Crippen molar-refractivity contribution >= 4 is 34.9 Å². The molecule has 3 N–H and O–H groups in total. The van der Waals surface area contributed by atoms with Crippen LogP contribution < -0.4 is 25.4 Å². The van der Waals surface area contributed by atoms with Crippen molar-refractivity contribution in [3.8, 4) is 11.5 Å². The van der Waals surface area contributed by atoms with Gasteiger partial charge in [-0.25, -0.2) is 9.98 Å². The number of benzene rings is 2. The SMILES string of the molecule is NC(=O)CC(CCC(F)(F)F)C(=O)NC1N=C(c2ccccc2)c2cc3c(cc2N(c2ccccn2)C1=O)OCO3. The third-order valence-corrected chi connectivity index (χ3v) is 6.50. The standard InChI is InChI=1S/C28H24F3N5O5/c29-28(30,31)10-9-17(12-22(32)37)26(38)35-25-27(39)36(23-8-4-5-11-33-23)19-14-21-20(40-15-41-21)13-18(19)24(34-25)16-6-2-1-3-7-16/h1-8,11,13-14,17,25H,9-10,12,15H2,(H2,32,37)(H,35,38). The molecule has 2 unspecified atom stereocenters. The van der Waals surface area contributed by atoms with E-state index in [1.54, 1.807) is 60.7 Å². The Balaban J connectivity index is 1.62. The van der Waals surface area contributed by atoms with E-state index in [1.807, 2.05) is 0 Å². The van der Waals surface area contributed by atoms with Gasteiger partial charge in [0.05, 0.1) is 11.4 Å². The number of amides is 3. The zero-order chi connectivity index (χ0) is 29.1. The smallest absolute Gasteiger partial charge is 0.389 e. The number of ether oxygens (including phenoxy) is 2. The van der Waals surface area contributed by atoms with Crippen LogP contribution in [-0.2, 0) is 14.4 Å². The first-order chi connectivity index (χ1) is 19.6. The van der Waals surface area contributed by atoms with Crippen molar-refractivity contribution in [1.82, 2.24) is 10.3 Å². The number of carbonyl (C=O) groups excluding carboxylic acids is 3. The highest BCUT2D eigenvalue weighted by Gasteiger charge is 2.38. The third-order valence-electron chi connectivity index (χ3n) is 6.50. The van der Waals surface area contributed by atoms with Gasteiger partial charge in [0.1, 0.15) is 5.82 Å². The summed E-state index contributed by atoms with van der Waals surface area (Å²) in [7, 11) is 0. The van der Waals surface area contributed by atoms with Crippen LogP contribution in [0.5, 0.6) is 11.5 Å². The van der Waals surface area contributed by atoms with E-state index in [-0.39, 0.29) is 12.6 Å². The molecule has 5 rings (SSSR count). The molecule has 3 amide bonds. The number of alkyl halides is 3. The molecular weight excluding hydrogens is 543 g/mol. The summed E-state index contributed by atoms with van der Waals surface area (Å²) in [6.45, 7) is -0.0224. The highest BCUT2D eigenvalue weighted by molar-refractivity contribution is 6.22. The Morgan fingerprint density at radius 2 is 1.78 bits per heavy atom. The van der Waals surface area contributed by atoms with Crippen LogP contribution in [-0.4, -0.2) is 47.6 Å². The molecule has 0 aliphatic carbocycles. The summed E-state index contributed by atoms with van der Waals surface area (Å²) in [5.41, 5.74) is 6.91. The number of nitrogens with zero attached hydrogens (tertiary/aromatic N) is 3. The molecule has 3 heterocycles. The number of rotatable bonds is 8. The molecular formula is C28H24F3N5O5. The van der Waals surface area contributed by atoms with Gasteiger partial charge < -0.3 is 20.5 Å². The van der Waals surface area contributed by atoms with Gasteiger partial charge in [-0.3, -0.25) is 19.3 Å². The number of halogens is 3. The van der Waals surface area contributed by atoms with Crippen molar-refractivity contribution in [3.05, 3.63) is 78.0 Å². The number of nitrogens with one attached hydrogen (secondary N) is 1. The molecule has 0 spiro atoms. The predicted molar refractivity (Wildman–Crippen MR) is 141 cm³/mol. The Bertz CT molecular complexity index is 1500. The van der Waals surface area contributed by atoms with Gasteiger partial charge >= 0.3 is 6.18 Å². The van der Waals surface area contributed by atoms with Gasteiger partial charge in [-0.2, -0.15) is 13.2 Å². The van der Waals surface area contributed by atoms with Crippen molar-refractivity contribution in [2.45, 2.75) is 31.6 Å². The molecule has 0 bridgehead atoms. The minimum absolute atomic E-state index is 0.0224. The van der Waals surface area contributed by atoms with Crippen molar-refractivity contribution in [1.29, 1.82) is 0 Å². The highest BCUT2D eigenvalue weighted by atomic mass is 19.4. The number of carbonyl (C=O) groups is 3. The molecule has 0 saturated carbocycles. The third kappa shape index (κ3) is 6.13. The summed E-state index contributed by atoms with van der Waals surface area (Å²) in [5.74, 6) is -3.10. The molecule has 2 aromatic carbocycles. The van der Waals surface area contributed by atoms with E-state index in [2.05, 4.69) is 15.3 Å². The monoisotopic (exact) mass is 567 g/mol. The molecule has 13 heteroatoms. The Morgan fingerprint density at radius 3 is 2.44 bits per heavy atom. The molecule has 2 atom stereocenters. The fraction of sp³-hybridized carbons (Fsp3) is 0.250. The normalized spacial score (nSPS) is 16.9. The first-order valence-electron chi connectivity index (χ1n) is 12.6. The first-order valence-corrected chi connectivity index (χ1v) is 12.6. The number of primary amides is 1. The summed E-state index contributed by atoms with van der Waals surface area (Å²) in [4.78, 5) is 49.1. The second-order valence-electron chi connectivity index (χ2n) is 9.36. The van der Waals surface area contributed by atoms with Crippen molar-refractivity contribution in [3.63, 3.8) is 0 Å². The molecule has 2 aliphatic heterocycles. The largest absolute Gasteiger partial charge is 0.454 e. The fourth-order valence-corrected chi connectivity index (χ4v) is 4.60. The van der Waals surface area contributed by atoms with Gasteiger partial charge in [-0.1, -0.05) is 36.4 Å². The summed E-state index contributed by atoms with van der Waals surface area (Å²) in [6.07, 6.45) is -7.32. The number of hydrogen-bond donors (Lipinski definition) is 2. The Hall–Kier alpha value is -4.94. The number of hydrogen-bond acceptors (Lipinski definition) is 7. The summed E-state index contributed by atoms with van der Waals surface area (Å²) < 4.78 is 50.0. The minimum Gasteiger partial charge on any atom is -0.454 e. The molecule has 41 heavy (non-hydrogen) atoms. The van der Waals surface area contributed by atoms with E-state index in [4.69, 9.17) is 15.2 Å². The Morgan fingerprint density at radius 1 is 1.07 bits per heavy atom. The van der Waals surface area contributed by atoms with E-state index in [0.29, 0.717) is 34.0 Å². The number of pyridine rings is 1. The zero-order valence-electron chi connectivity index (χ0n) is 21.4. The van der Waals surface area contributed by atoms with Gasteiger partial charge in [0.25, 0.3) is 5.91 Å². The van der Waals surface area contributed by atoms with Crippen LogP contribution in [0.2, 0.25) is 0 Å². The summed E-state index contributed by atoms with van der Waals surface area (Å²) in [5, 5.41) is 2.46. The molecule has 0 saturated heterocycles. The van der Waals surface area contributed by atoms with Gasteiger partial charge in [0.15, 0.2) is 11.5 Å². The zero-order valence-corrected chi connectivity index (χ0v) is 21.4. The van der Waals surface area contributed by atoms with Crippen LogP contribution in [0.1, 0.15) is 30.4 Å². The highest BCUT2D eigenvalue weighted by Crippen LogP contribution is 2.42. The van der Waals surface area contributed by atoms with E-state index in [0.717, 1.165) is 0 Å². The Labute approximate surface area is 232 Å². The summed E-state index contributed by atoms with van der Waals surface area (Å²) >= 11 is 0.